The summed E-state index contributed by atoms with van der Waals surface area (Å²) >= 11 is 0. The molecule has 6 aromatic rings. The summed E-state index contributed by atoms with van der Waals surface area (Å²) in [4.78, 5) is 9.11. The van der Waals surface area contributed by atoms with E-state index in [0.717, 1.165) is 51.5 Å². The van der Waals surface area contributed by atoms with Gasteiger partial charge in [-0.3, -0.25) is 4.57 Å². The van der Waals surface area contributed by atoms with Crippen molar-refractivity contribution in [2.45, 2.75) is 13.8 Å². The second-order valence-corrected chi connectivity index (χ2v) is 10.3. The molecule has 0 bridgehead atoms. The van der Waals surface area contributed by atoms with Crippen molar-refractivity contribution in [3.05, 3.63) is 132 Å². The fraction of sp³-hybridized carbons (Fsp3) is 0.0857. The first-order chi connectivity index (χ1) is 20.1. The van der Waals surface area contributed by atoms with Gasteiger partial charge in [-0.15, -0.1) is 0 Å². The van der Waals surface area contributed by atoms with Crippen LogP contribution in [-0.4, -0.2) is 16.2 Å². The number of nitrogens with zero attached hydrogens (tertiary/aromatic N) is 5. The van der Waals surface area contributed by atoms with E-state index in [9.17, 15) is 5.26 Å². The minimum absolute atomic E-state index is 0.627. The standard InChI is InChI=1S/C35H27N5O/c1-24-7-5-8-25(2)35(24)39-18-17-38(23-39)27-9-6-10-28(20-27)41-29-13-14-30-31-19-26(22-36)12-15-32(31)40(33(30)21-29)34-11-3-4-16-37-34/h3-21H,23H2,1-2H3. The lowest BCUT2D eigenvalue weighted by atomic mass is 10.1. The molecule has 0 saturated carbocycles. The quantitative estimate of drug-likeness (QED) is 0.223. The number of nitriles is 1. The maximum absolute atomic E-state index is 9.50. The number of para-hydroxylation sites is 1. The molecule has 3 heterocycles. The minimum Gasteiger partial charge on any atom is -0.457 e. The van der Waals surface area contributed by atoms with Crippen LogP contribution in [0.1, 0.15) is 16.7 Å². The Morgan fingerprint density at radius 2 is 1.54 bits per heavy atom. The molecule has 0 spiro atoms. The largest absolute Gasteiger partial charge is 0.457 e. The first-order valence-corrected chi connectivity index (χ1v) is 13.5. The topological polar surface area (TPSA) is 57.3 Å². The van der Waals surface area contributed by atoms with Crippen LogP contribution in [-0.2, 0) is 0 Å². The summed E-state index contributed by atoms with van der Waals surface area (Å²) in [6.45, 7) is 5.04. The fourth-order valence-electron chi connectivity index (χ4n) is 5.72. The number of anilines is 2. The van der Waals surface area contributed by atoms with Crippen LogP contribution in [0.25, 0.3) is 27.6 Å². The van der Waals surface area contributed by atoms with E-state index >= 15 is 0 Å². The molecule has 6 heteroatoms. The normalized spacial score (nSPS) is 12.8. The number of pyridine rings is 1. The van der Waals surface area contributed by atoms with Crippen molar-refractivity contribution in [2.24, 2.45) is 0 Å². The summed E-state index contributed by atoms with van der Waals surface area (Å²) in [5.74, 6) is 2.29. The van der Waals surface area contributed by atoms with Crippen molar-refractivity contribution in [3.8, 4) is 23.4 Å². The molecule has 2 aromatic heterocycles. The predicted octanol–water partition coefficient (Wildman–Crippen LogP) is 8.21. The van der Waals surface area contributed by atoms with Crippen molar-refractivity contribution in [3.63, 3.8) is 0 Å². The highest BCUT2D eigenvalue weighted by atomic mass is 16.5. The molecule has 0 atom stereocenters. The van der Waals surface area contributed by atoms with Crippen molar-refractivity contribution in [1.29, 1.82) is 5.26 Å². The Balaban J connectivity index is 1.22. The Labute approximate surface area is 238 Å². The fourth-order valence-corrected chi connectivity index (χ4v) is 5.72. The molecule has 6 nitrogen and oxygen atoms in total. The van der Waals surface area contributed by atoms with Gasteiger partial charge in [0.05, 0.1) is 29.3 Å². The number of rotatable bonds is 5. The zero-order valence-corrected chi connectivity index (χ0v) is 22.8. The number of aromatic nitrogens is 2. The van der Waals surface area contributed by atoms with Crippen molar-refractivity contribution >= 4 is 33.2 Å². The molecule has 1 aliphatic heterocycles. The number of hydrogen-bond acceptors (Lipinski definition) is 5. The van der Waals surface area contributed by atoms with Gasteiger partial charge in [0.25, 0.3) is 0 Å². The second-order valence-electron chi connectivity index (χ2n) is 10.3. The second kappa shape index (κ2) is 9.89. The zero-order valence-electron chi connectivity index (χ0n) is 22.8. The highest BCUT2D eigenvalue weighted by Gasteiger charge is 2.19. The number of fused-ring (bicyclic) bond motifs is 3. The summed E-state index contributed by atoms with van der Waals surface area (Å²) in [5, 5.41) is 11.5. The van der Waals surface area contributed by atoms with E-state index in [4.69, 9.17) is 4.74 Å². The Hall–Kier alpha value is -5.54. The third-order valence-electron chi connectivity index (χ3n) is 7.59. The molecule has 0 amide bonds. The smallest absolute Gasteiger partial charge is 0.137 e. The van der Waals surface area contributed by atoms with Gasteiger partial charge in [-0.2, -0.15) is 5.26 Å². The van der Waals surface area contributed by atoms with Gasteiger partial charge in [0.15, 0.2) is 0 Å². The molecule has 198 valence electrons. The summed E-state index contributed by atoms with van der Waals surface area (Å²) in [5.41, 5.74) is 7.41. The van der Waals surface area contributed by atoms with Gasteiger partial charge in [0, 0.05) is 52.9 Å². The number of hydrogen-bond donors (Lipinski definition) is 0. The van der Waals surface area contributed by atoms with Gasteiger partial charge in [0.2, 0.25) is 0 Å². The molecule has 41 heavy (non-hydrogen) atoms. The molecule has 1 aliphatic rings. The van der Waals surface area contributed by atoms with Crippen molar-refractivity contribution in [1.82, 2.24) is 9.55 Å². The first-order valence-electron chi connectivity index (χ1n) is 13.5. The van der Waals surface area contributed by atoms with Crippen LogP contribution in [0.15, 0.2) is 116 Å². The first kappa shape index (κ1) is 24.5. The Morgan fingerprint density at radius 1 is 0.732 bits per heavy atom. The lowest BCUT2D eigenvalue weighted by Gasteiger charge is -2.24. The van der Waals surface area contributed by atoms with Gasteiger partial charge in [-0.1, -0.05) is 30.3 Å². The van der Waals surface area contributed by atoms with Crippen LogP contribution in [0.3, 0.4) is 0 Å². The van der Waals surface area contributed by atoms with Gasteiger partial charge in [-0.05, 0) is 79.6 Å². The summed E-state index contributed by atoms with van der Waals surface area (Å²) in [7, 11) is 0. The molecule has 0 unspecified atom stereocenters. The van der Waals surface area contributed by atoms with Crippen LogP contribution < -0.4 is 14.5 Å². The van der Waals surface area contributed by atoms with Gasteiger partial charge in [0.1, 0.15) is 17.3 Å². The van der Waals surface area contributed by atoms with Crippen molar-refractivity contribution in [2.75, 3.05) is 16.5 Å². The molecule has 0 radical (unpaired) electrons. The van der Waals surface area contributed by atoms with E-state index < -0.39 is 0 Å². The third-order valence-corrected chi connectivity index (χ3v) is 7.59. The van der Waals surface area contributed by atoms with Gasteiger partial charge >= 0.3 is 0 Å². The van der Waals surface area contributed by atoms with Crippen LogP contribution in [0.4, 0.5) is 11.4 Å². The maximum atomic E-state index is 9.50. The van der Waals surface area contributed by atoms with E-state index in [1.807, 2.05) is 60.7 Å². The molecule has 0 saturated heterocycles. The highest BCUT2D eigenvalue weighted by molar-refractivity contribution is 6.09. The molecule has 0 aliphatic carbocycles. The van der Waals surface area contributed by atoms with Crippen LogP contribution >= 0.6 is 0 Å². The number of benzene rings is 4. The molecular formula is C35H27N5O. The predicted molar refractivity (Wildman–Crippen MR) is 165 cm³/mol. The maximum Gasteiger partial charge on any atom is 0.137 e. The molecule has 0 N–H and O–H groups in total. The van der Waals surface area contributed by atoms with Gasteiger partial charge < -0.3 is 14.5 Å². The number of aryl methyl sites for hydroxylation is 2. The minimum atomic E-state index is 0.627. The average Bonchev–Trinajstić information content (AvgIpc) is 3.60. The zero-order chi connectivity index (χ0) is 27.9. The van der Waals surface area contributed by atoms with E-state index in [-0.39, 0.29) is 0 Å². The van der Waals surface area contributed by atoms with E-state index in [0.29, 0.717) is 5.56 Å². The van der Waals surface area contributed by atoms with E-state index in [1.54, 1.807) is 6.20 Å². The molecular weight excluding hydrogens is 506 g/mol. The Bertz CT molecular complexity index is 1980. The number of ether oxygens (including phenoxy) is 1. The third kappa shape index (κ3) is 4.34. The van der Waals surface area contributed by atoms with Crippen LogP contribution in [0.5, 0.6) is 11.5 Å². The van der Waals surface area contributed by atoms with E-state index in [2.05, 4.69) is 88.1 Å². The lowest BCUT2D eigenvalue weighted by molar-refractivity contribution is 0.483. The lowest BCUT2D eigenvalue weighted by Crippen LogP contribution is -2.25. The molecule has 0 fully saturated rings. The summed E-state index contributed by atoms with van der Waals surface area (Å²) in [6.07, 6.45) is 6.03. The Kier molecular flexibility index (Phi) is 5.91. The molecule has 7 rings (SSSR count). The van der Waals surface area contributed by atoms with E-state index in [1.165, 1.54) is 16.8 Å². The van der Waals surface area contributed by atoms with Crippen LogP contribution in [0.2, 0.25) is 0 Å². The summed E-state index contributed by atoms with van der Waals surface area (Å²) in [6, 6.07) is 34.5. The van der Waals surface area contributed by atoms with Crippen molar-refractivity contribution < 1.29 is 4.74 Å². The molecule has 4 aromatic carbocycles. The highest BCUT2D eigenvalue weighted by Crippen LogP contribution is 2.36. The monoisotopic (exact) mass is 533 g/mol. The SMILES string of the molecule is Cc1cccc(C)c1N1C=CN(c2cccc(Oc3ccc4c5cc(C#N)ccc5n(-c5ccccn5)c4c3)c2)C1. The van der Waals surface area contributed by atoms with Crippen LogP contribution in [0, 0.1) is 25.2 Å². The summed E-state index contributed by atoms with van der Waals surface area (Å²) < 4.78 is 8.54. The van der Waals surface area contributed by atoms with Gasteiger partial charge in [-0.25, -0.2) is 4.98 Å². The Morgan fingerprint density at radius 3 is 2.34 bits per heavy atom. The average molecular weight is 534 g/mol.